The molecule has 6 nitrogen and oxygen atoms in total. The molecular formula is C23H21N3O3. The third kappa shape index (κ3) is 4.06. The lowest BCUT2D eigenvalue weighted by molar-refractivity contribution is 0.0955. The molecule has 0 saturated heterocycles. The summed E-state index contributed by atoms with van der Waals surface area (Å²) in [5.74, 6) is 0.651. The van der Waals surface area contributed by atoms with E-state index in [1.807, 2.05) is 36.4 Å². The zero-order valence-corrected chi connectivity index (χ0v) is 16.0. The number of hydrogen-bond donors (Lipinski definition) is 2. The first-order valence-electron chi connectivity index (χ1n) is 9.26. The number of benzene rings is 3. The first-order chi connectivity index (χ1) is 14.1. The van der Waals surface area contributed by atoms with Crippen LogP contribution in [0.5, 0.6) is 11.5 Å². The topological polar surface area (TPSA) is 74.2 Å². The number of aromatic hydroxyl groups is 1. The van der Waals surface area contributed by atoms with Gasteiger partial charge in [0.2, 0.25) is 0 Å². The molecule has 0 atom stereocenters. The molecule has 3 aromatic carbocycles. The Bertz CT molecular complexity index is 1060. The highest BCUT2D eigenvalue weighted by molar-refractivity contribution is 5.95. The highest BCUT2D eigenvalue weighted by Gasteiger charge is 2.20. The molecule has 0 aliphatic carbocycles. The second-order valence-corrected chi connectivity index (χ2v) is 6.80. The number of nitrogens with zero attached hydrogens (tertiary/aromatic N) is 2. The SMILES string of the molecule is COc1ccc(N2Cc3ccc(C(=O)NN=Cc4ccccc4O)cc3C2)cc1. The Hall–Kier alpha value is -3.80. The summed E-state index contributed by atoms with van der Waals surface area (Å²) in [6, 6.07) is 20.5. The Morgan fingerprint density at radius 1 is 1.07 bits per heavy atom. The number of hydrogen-bond acceptors (Lipinski definition) is 5. The molecule has 1 aliphatic heterocycles. The van der Waals surface area contributed by atoms with Crippen LogP contribution >= 0.6 is 0 Å². The molecule has 1 aliphatic rings. The number of para-hydroxylation sites is 1. The van der Waals surface area contributed by atoms with Gasteiger partial charge in [0.05, 0.1) is 13.3 Å². The lowest BCUT2D eigenvalue weighted by atomic mass is 10.1. The van der Waals surface area contributed by atoms with Gasteiger partial charge in [-0.1, -0.05) is 18.2 Å². The second-order valence-electron chi connectivity index (χ2n) is 6.80. The Morgan fingerprint density at radius 2 is 1.83 bits per heavy atom. The molecule has 0 unspecified atom stereocenters. The number of carbonyl (C=O) groups excluding carboxylic acids is 1. The van der Waals surface area contributed by atoms with E-state index >= 15 is 0 Å². The number of hydrazone groups is 1. The molecular weight excluding hydrogens is 366 g/mol. The highest BCUT2D eigenvalue weighted by atomic mass is 16.5. The molecule has 1 heterocycles. The van der Waals surface area contributed by atoms with E-state index in [0.29, 0.717) is 11.1 Å². The van der Waals surface area contributed by atoms with Crippen LogP contribution in [-0.2, 0) is 13.1 Å². The van der Waals surface area contributed by atoms with Gasteiger partial charge in [-0.2, -0.15) is 5.10 Å². The zero-order valence-electron chi connectivity index (χ0n) is 16.0. The van der Waals surface area contributed by atoms with Crippen molar-refractivity contribution in [1.29, 1.82) is 0 Å². The van der Waals surface area contributed by atoms with Crippen LogP contribution < -0.4 is 15.1 Å². The van der Waals surface area contributed by atoms with Crippen molar-refractivity contribution in [3.05, 3.63) is 89.0 Å². The van der Waals surface area contributed by atoms with Crippen LogP contribution in [0, 0.1) is 0 Å². The van der Waals surface area contributed by atoms with Crippen LogP contribution in [0.25, 0.3) is 0 Å². The van der Waals surface area contributed by atoms with Crippen molar-refractivity contribution in [2.24, 2.45) is 5.10 Å². The molecule has 6 heteroatoms. The van der Waals surface area contributed by atoms with Gasteiger partial charge in [-0.05, 0) is 59.7 Å². The van der Waals surface area contributed by atoms with Crippen molar-refractivity contribution in [2.75, 3.05) is 12.0 Å². The van der Waals surface area contributed by atoms with E-state index in [0.717, 1.165) is 30.1 Å². The monoisotopic (exact) mass is 387 g/mol. The van der Waals surface area contributed by atoms with Gasteiger partial charge < -0.3 is 14.7 Å². The summed E-state index contributed by atoms with van der Waals surface area (Å²) in [4.78, 5) is 14.7. The molecule has 3 aromatic rings. The first-order valence-corrected chi connectivity index (χ1v) is 9.26. The quantitative estimate of drug-likeness (QED) is 0.517. The van der Waals surface area contributed by atoms with E-state index in [1.165, 1.54) is 11.8 Å². The van der Waals surface area contributed by atoms with E-state index in [-0.39, 0.29) is 11.7 Å². The van der Waals surface area contributed by atoms with Crippen LogP contribution in [0.1, 0.15) is 27.0 Å². The smallest absolute Gasteiger partial charge is 0.271 e. The van der Waals surface area contributed by atoms with Crippen molar-refractivity contribution in [3.8, 4) is 11.5 Å². The molecule has 29 heavy (non-hydrogen) atoms. The van der Waals surface area contributed by atoms with Crippen molar-refractivity contribution in [3.63, 3.8) is 0 Å². The Kier molecular flexibility index (Phi) is 5.16. The molecule has 0 spiro atoms. The molecule has 0 saturated carbocycles. The summed E-state index contributed by atoms with van der Waals surface area (Å²) in [5.41, 5.74) is 7.04. The van der Waals surface area contributed by atoms with Crippen molar-refractivity contribution in [1.82, 2.24) is 5.43 Å². The molecule has 0 bridgehead atoms. The fraction of sp³-hybridized carbons (Fsp3) is 0.130. The summed E-state index contributed by atoms with van der Waals surface area (Å²) >= 11 is 0. The summed E-state index contributed by atoms with van der Waals surface area (Å²) < 4.78 is 5.21. The Labute approximate surface area is 169 Å². The summed E-state index contributed by atoms with van der Waals surface area (Å²) in [7, 11) is 1.65. The van der Waals surface area contributed by atoms with Crippen LogP contribution in [0.15, 0.2) is 71.8 Å². The highest BCUT2D eigenvalue weighted by Crippen LogP contribution is 2.30. The van der Waals surface area contributed by atoms with Crippen molar-refractivity contribution < 1.29 is 14.6 Å². The van der Waals surface area contributed by atoms with E-state index in [9.17, 15) is 9.90 Å². The maximum atomic E-state index is 12.4. The first kappa shape index (κ1) is 18.6. The van der Waals surface area contributed by atoms with Gasteiger partial charge in [0, 0.05) is 29.9 Å². The number of ether oxygens (including phenoxy) is 1. The van der Waals surface area contributed by atoms with Gasteiger partial charge >= 0.3 is 0 Å². The van der Waals surface area contributed by atoms with Crippen molar-refractivity contribution >= 4 is 17.8 Å². The average molecular weight is 387 g/mol. The predicted molar refractivity (Wildman–Crippen MR) is 112 cm³/mol. The van der Waals surface area contributed by atoms with Crippen LogP contribution in [0.2, 0.25) is 0 Å². The summed E-state index contributed by atoms with van der Waals surface area (Å²) in [6.45, 7) is 1.54. The fourth-order valence-corrected chi connectivity index (χ4v) is 3.33. The Morgan fingerprint density at radius 3 is 2.59 bits per heavy atom. The molecule has 0 radical (unpaired) electrons. The van der Waals surface area contributed by atoms with Gasteiger partial charge in [-0.25, -0.2) is 5.43 Å². The van der Waals surface area contributed by atoms with Crippen LogP contribution in [-0.4, -0.2) is 24.3 Å². The van der Waals surface area contributed by atoms with Gasteiger partial charge in [0.25, 0.3) is 5.91 Å². The van der Waals surface area contributed by atoms with Crippen LogP contribution in [0.4, 0.5) is 5.69 Å². The summed E-state index contributed by atoms with van der Waals surface area (Å²) in [6.07, 6.45) is 1.42. The van der Waals surface area contributed by atoms with Crippen LogP contribution in [0.3, 0.4) is 0 Å². The largest absolute Gasteiger partial charge is 0.507 e. The van der Waals surface area contributed by atoms with E-state index in [2.05, 4.69) is 15.4 Å². The number of phenols is 1. The lowest BCUT2D eigenvalue weighted by Crippen LogP contribution is -2.18. The fourth-order valence-electron chi connectivity index (χ4n) is 3.33. The molecule has 1 amide bonds. The standard InChI is InChI=1S/C23H21N3O3/c1-29-21-10-8-20(9-11-21)26-14-18-7-6-16(12-19(18)15-26)23(28)25-24-13-17-4-2-3-5-22(17)27/h2-13,27H,14-15H2,1H3,(H,25,28). The average Bonchev–Trinajstić information content (AvgIpc) is 3.18. The van der Waals surface area contributed by atoms with E-state index < -0.39 is 0 Å². The number of phenolic OH excluding ortho intramolecular Hbond substituents is 1. The van der Waals surface area contributed by atoms with E-state index in [1.54, 1.807) is 37.4 Å². The zero-order chi connectivity index (χ0) is 20.2. The lowest BCUT2D eigenvalue weighted by Gasteiger charge is -2.17. The molecule has 146 valence electrons. The number of anilines is 1. The number of rotatable bonds is 5. The predicted octanol–water partition coefficient (Wildman–Crippen LogP) is 3.68. The maximum Gasteiger partial charge on any atom is 0.271 e. The normalized spacial score (nSPS) is 12.8. The van der Waals surface area contributed by atoms with Gasteiger partial charge in [-0.3, -0.25) is 4.79 Å². The molecule has 0 fully saturated rings. The number of fused-ring (bicyclic) bond motifs is 1. The number of nitrogens with one attached hydrogen (secondary N) is 1. The third-order valence-corrected chi connectivity index (χ3v) is 4.93. The number of methoxy groups -OCH3 is 1. The minimum absolute atomic E-state index is 0.113. The van der Waals surface area contributed by atoms with E-state index in [4.69, 9.17) is 4.74 Å². The van der Waals surface area contributed by atoms with Crippen molar-refractivity contribution in [2.45, 2.75) is 13.1 Å². The minimum atomic E-state index is -0.289. The van der Waals surface area contributed by atoms with Gasteiger partial charge in [0.1, 0.15) is 11.5 Å². The number of amides is 1. The second kappa shape index (κ2) is 8.06. The minimum Gasteiger partial charge on any atom is -0.507 e. The van der Waals surface area contributed by atoms with Gasteiger partial charge in [0.15, 0.2) is 0 Å². The number of carbonyl (C=O) groups is 1. The molecule has 0 aromatic heterocycles. The summed E-state index contributed by atoms with van der Waals surface area (Å²) in [5, 5.41) is 13.7. The molecule has 2 N–H and O–H groups in total. The third-order valence-electron chi connectivity index (χ3n) is 4.93. The van der Waals surface area contributed by atoms with Gasteiger partial charge in [-0.15, -0.1) is 0 Å². The molecule has 4 rings (SSSR count). The maximum absolute atomic E-state index is 12.4. The Balaban J connectivity index is 1.43.